The summed E-state index contributed by atoms with van der Waals surface area (Å²) in [5.41, 5.74) is 1.35. The Bertz CT molecular complexity index is 240. The van der Waals surface area contributed by atoms with E-state index >= 15 is 0 Å². The Morgan fingerprint density at radius 1 is 1.83 bits per heavy atom. The van der Waals surface area contributed by atoms with Crippen LogP contribution in [0.4, 0.5) is 4.39 Å². The summed E-state index contributed by atoms with van der Waals surface area (Å²) in [6.07, 6.45) is 2.90. The molecule has 0 heterocycles. The van der Waals surface area contributed by atoms with Gasteiger partial charge in [-0.1, -0.05) is 18.2 Å². The van der Waals surface area contributed by atoms with Crippen LogP contribution < -0.4 is 0 Å². The number of hydrogen-bond acceptors (Lipinski definition) is 1. The molecule has 0 saturated heterocycles. The maximum absolute atomic E-state index is 12.1. The van der Waals surface area contributed by atoms with Crippen molar-refractivity contribution in [2.75, 3.05) is 6.67 Å². The number of carbonyl (C=O) groups is 1. The van der Waals surface area contributed by atoms with Gasteiger partial charge < -0.3 is 0 Å². The maximum atomic E-state index is 12.1. The predicted octanol–water partition coefficient (Wildman–Crippen LogP) is 2.44. The van der Waals surface area contributed by atoms with Gasteiger partial charge in [0, 0.05) is 12.0 Å². The molecule has 66 valence electrons. The third kappa shape index (κ3) is 1.81. The monoisotopic (exact) mass is 168 g/mol. The van der Waals surface area contributed by atoms with Crippen LogP contribution in [-0.4, -0.2) is 12.5 Å². The molecule has 0 bridgehead atoms. The van der Waals surface area contributed by atoms with E-state index in [9.17, 15) is 9.18 Å². The molecule has 0 aromatic carbocycles. The maximum Gasteiger partial charge on any atom is 0.161 e. The largest absolute Gasteiger partial charge is 0.294 e. The first-order valence-electron chi connectivity index (χ1n) is 4.08. The van der Waals surface area contributed by atoms with Gasteiger partial charge in [-0.15, -0.1) is 0 Å². The lowest BCUT2D eigenvalue weighted by atomic mass is 9.85. The average Bonchev–Trinajstić information content (AvgIpc) is 2.04. The van der Waals surface area contributed by atoms with Gasteiger partial charge in [0.05, 0.1) is 0 Å². The van der Waals surface area contributed by atoms with Crippen molar-refractivity contribution in [1.82, 2.24) is 0 Å². The Balaban J connectivity index is 2.69. The smallest absolute Gasteiger partial charge is 0.161 e. The van der Waals surface area contributed by atoms with Crippen LogP contribution in [0.25, 0.3) is 0 Å². The summed E-state index contributed by atoms with van der Waals surface area (Å²) in [7, 11) is 0. The fourth-order valence-electron chi connectivity index (χ4n) is 1.34. The summed E-state index contributed by atoms with van der Waals surface area (Å²) in [6.45, 7) is 5.07. The lowest BCUT2D eigenvalue weighted by Gasteiger charge is -2.19. The van der Waals surface area contributed by atoms with Crippen LogP contribution in [0.2, 0.25) is 0 Å². The van der Waals surface area contributed by atoms with E-state index in [0.717, 1.165) is 12.0 Å². The molecule has 0 aliphatic heterocycles. The average molecular weight is 168 g/mol. The van der Waals surface area contributed by atoms with Gasteiger partial charge in [-0.25, -0.2) is 4.39 Å². The number of hydrogen-bond donors (Lipinski definition) is 0. The molecule has 0 N–H and O–H groups in total. The molecule has 0 spiro atoms. The second kappa shape index (κ2) is 3.65. The van der Waals surface area contributed by atoms with Gasteiger partial charge >= 0.3 is 0 Å². The number of rotatable bonds is 2. The summed E-state index contributed by atoms with van der Waals surface area (Å²) < 4.78 is 12.1. The standard InChI is InChI=1S/C10H13FO/c1-7(2)8-3-4-9(6-11)10(12)5-8/h4,8H,1,3,5-6H2,2H3. The SMILES string of the molecule is C=C(C)C1CC=C(CF)C(=O)C1. The second-order valence-corrected chi connectivity index (χ2v) is 3.27. The predicted molar refractivity (Wildman–Crippen MR) is 46.6 cm³/mol. The fraction of sp³-hybridized carbons (Fsp3) is 0.500. The molecule has 0 amide bonds. The molecule has 0 radical (unpaired) electrons. The summed E-state index contributed by atoms with van der Waals surface area (Å²) in [4.78, 5) is 11.2. The molecule has 1 rings (SSSR count). The van der Waals surface area contributed by atoms with Gasteiger partial charge in [-0.3, -0.25) is 4.79 Å². The second-order valence-electron chi connectivity index (χ2n) is 3.27. The minimum Gasteiger partial charge on any atom is -0.294 e. The Morgan fingerprint density at radius 3 is 2.92 bits per heavy atom. The molecule has 1 aliphatic carbocycles. The van der Waals surface area contributed by atoms with Gasteiger partial charge in [-0.05, 0) is 19.3 Å². The molecule has 1 nitrogen and oxygen atoms in total. The summed E-state index contributed by atoms with van der Waals surface area (Å²) in [6, 6.07) is 0. The number of alkyl halides is 1. The summed E-state index contributed by atoms with van der Waals surface area (Å²) in [5.74, 6) is 0.171. The highest BCUT2D eigenvalue weighted by Gasteiger charge is 2.21. The molecule has 12 heavy (non-hydrogen) atoms. The van der Waals surface area contributed by atoms with E-state index in [1.165, 1.54) is 0 Å². The number of allylic oxidation sites excluding steroid dienone is 3. The van der Waals surface area contributed by atoms with E-state index in [-0.39, 0.29) is 11.7 Å². The van der Waals surface area contributed by atoms with Crippen LogP contribution in [0.1, 0.15) is 19.8 Å². The topological polar surface area (TPSA) is 17.1 Å². The molecule has 1 unspecified atom stereocenters. The van der Waals surface area contributed by atoms with Crippen molar-refractivity contribution in [3.63, 3.8) is 0 Å². The normalized spacial score (nSPS) is 23.7. The van der Waals surface area contributed by atoms with Gasteiger partial charge in [-0.2, -0.15) is 0 Å². The Morgan fingerprint density at radius 2 is 2.50 bits per heavy atom. The zero-order valence-corrected chi connectivity index (χ0v) is 7.27. The van der Waals surface area contributed by atoms with Crippen LogP contribution in [0.15, 0.2) is 23.8 Å². The van der Waals surface area contributed by atoms with Crippen molar-refractivity contribution in [3.05, 3.63) is 23.8 Å². The van der Waals surface area contributed by atoms with Crippen LogP contribution in [0.5, 0.6) is 0 Å². The number of Topliss-reactive ketones (excluding diaryl/α,β-unsaturated/α-hetero) is 1. The molecule has 0 aromatic heterocycles. The number of carbonyl (C=O) groups excluding carboxylic acids is 1. The third-order valence-electron chi connectivity index (χ3n) is 2.28. The van der Waals surface area contributed by atoms with Gasteiger partial charge in [0.25, 0.3) is 0 Å². The third-order valence-corrected chi connectivity index (χ3v) is 2.28. The van der Waals surface area contributed by atoms with Crippen molar-refractivity contribution in [1.29, 1.82) is 0 Å². The van der Waals surface area contributed by atoms with E-state index in [1.54, 1.807) is 6.08 Å². The highest BCUT2D eigenvalue weighted by Crippen LogP contribution is 2.25. The Labute approximate surface area is 72.0 Å². The number of halogens is 1. The first-order valence-corrected chi connectivity index (χ1v) is 4.08. The van der Waals surface area contributed by atoms with E-state index in [2.05, 4.69) is 6.58 Å². The Hall–Kier alpha value is -0.920. The number of ketones is 1. The van der Waals surface area contributed by atoms with Crippen molar-refractivity contribution < 1.29 is 9.18 Å². The van der Waals surface area contributed by atoms with Crippen LogP contribution in [-0.2, 0) is 4.79 Å². The minimum atomic E-state index is -0.623. The van der Waals surface area contributed by atoms with Gasteiger partial charge in [0.2, 0.25) is 0 Å². The summed E-state index contributed by atoms with van der Waals surface area (Å²) in [5, 5.41) is 0. The quantitative estimate of drug-likeness (QED) is 0.579. The van der Waals surface area contributed by atoms with E-state index in [1.807, 2.05) is 6.92 Å². The van der Waals surface area contributed by atoms with Crippen LogP contribution in [0.3, 0.4) is 0 Å². The minimum absolute atomic E-state index is 0.0586. The highest BCUT2D eigenvalue weighted by molar-refractivity contribution is 5.96. The van der Waals surface area contributed by atoms with Crippen molar-refractivity contribution >= 4 is 5.78 Å². The molecular formula is C10H13FO. The van der Waals surface area contributed by atoms with Crippen LogP contribution in [0, 0.1) is 5.92 Å². The van der Waals surface area contributed by atoms with Gasteiger partial charge in [0.15, 0.2) is 5.78 Å². The van der Waals surface area contributed by atoms with Gasteiger partial charge in [0.1, 0.15) is 6.67 Å². The van der Waals surface area contributed by atoms with Crippen molar-refractivity contribution in [2.24, 2.45) is 5.92 Å². The first kappa shape index (κ1) is 9.17. The first-order chi connectivity index (χ1) is 5.65. The van der Waals surface area contributed by atoms with E-state index in [4.69, 9.17) is 0 Å². The van der Waals surface area contributed by atoms with E-state index < -0.39 is 6.67 Å². The zero-order chi connectivity index (χ0) is 9.14. The molecule has 0 saturated carbocycles. The molecule has 0 fully saturated rings. The van der Waals surface area contributed by atoms with Crippen molar-refractivity contribution in [2.45, 2.75) is 19.8 Å². The molecule has 1 aliphatic rings. The molecular weight excluding hydrogens is 155 g/mol. The lowest BCUT2D eigenvalue weighted by Crippen LogP contribution is -2.17. The molecule has 0 aromatic rings. The molecule has 1 atom stereocenters. The van der Waals surface area contributed by atoms with E-state index in [0.29, 0.717) is 12.0 Å². The molecule has 2 heteroatoms. The zero-order valence-electron chi connectivity index (χ0n) is 7.27. The Kier molecular flexibility index (Phi) is 2.79. The highest BCUT2D eigenvalue weighted by atomic mass is 19.1. The summed E-state index contributed by atoms with van der Waals surface area (Å²) >= 11 is 0. The van der Waals surface area contributed by atoms with Crippen molar-refractivity contribution in [3.8, 4) is 0 Å². The fourth-order valence-corrected chi connectivity index (χ4v) is 1.34. The lowest BCUT2D eigenvalue weighted by molar-refractivity contribution is -0.116. The van der Waals surface area contributed by atoms with Crippen LogP contribution >= 0.6 is 0 Å².